The molecule has 0 unspecified atom stereocenters. The van der Waals surface area contributed by atoms with Gasteiger partial charge < -0.3 is 24.4 Å². The number of carbonyl (C=O) groups excluding carboxylic acids is 2. The minimum Gasteiger partial charge on any atom is -0.462 e. The Labute approximate surface area is 181 Å². The zero-order chi connectivity index (χ0) is 21.6. The van der Waals surface area contributed by atoms with Crippen molar-refractivity contribution in [2.45, 2.75) is 19.9 Å². The molecule has 0 spiro atoms. The van der Waals surface area contributed by atoms with Crippen LogP contribution in [0.15, 0.2) is 42.5 Å². The number of hydrogen-bond acceptors (Lipinski definition) is 6. The van der Waals surface area contributed by atoms with E-state index in [1.165, 1.54) is 5.56 Å². The number of urea groups is 1. The Bertz CT molecular complexity index is 923. The van der Waals surface area contributed by atoms with Gasteiger partial charge in [-0.05, 0) is 48.4 Å². The van der Waals surface area contributed by atoms with Gasteiger partial charge in [0.2, 0.25) is 6.79 Å². The Hall–Kier alpha value is -3.26. The fraction of sp³-hybridized carbons (Fsp3) is 0.391. The van der Waals surface area contributed by atoms with E-state index in [0.29, 0.717) is 30.9 Å². The highest BCUT2D eigenvalue weighted by Gasteiger charge is 2.22. The topological polar surface area (TPSA) is 80.3 Å². The fourth-order valence-electron chi connectivity index (χ4n) is 3.58. The van der Waals surface area contributed by atoms with Crippen LogP contribution in [0.4, 0.5) is 10.5 Å². The Morgan fingerprint density at radius 3 is 2.48 bits per heavy atom. The van der Waals surface area contributed by atoms with E-state index >= 15 is 0 Å². The van der Waals surface area contributed by atoms with Crippen molar-refractivity contribution >= 4 is 17.7 Å². The summed E-state index contributed by atoms with van der Waals surface area (Å²) in [6.45, 7) is 6.32. The molecule has 0 saturated carbocycles. The minimum absolute atomic E-state index is 0.135. The van der Waals surface area contributed by atoms with Crippen LogP contribution in [-0.2, 0) is 11.3 Å². The first-order chi connectivity index (χ1) is 15.1. The van der Waals surface area contributed by atoms with Gasteiger partial charge in [-0.2, -0.15) is 0 Å². The van der Waals surface area contributed by atoms with Crippen molar-refractivity contribution in [1.29, 1.82) is 0 Å². The smallest absolute Gasteiger partial charge is 0.338 e. The average Bonchev–Trinajstić information content (AvgIpc) is 3.26. The number of piperazine rings is 1. The number of amides is 2. The molecular weight excluding hydrogens is 398 g/mol. The summed E-state index contributed by atoms with van der Waals surface area (Å²) in [6.07, 6.45) is 0.782. The summed E-state index contributed by atoms with van der Waals surface area (Å²) >= 11 is 0. The molecule has 0 bridgehead atoms. The molecule has 1 N–H and O–H groups in total. The molecule has 4 rings (SSSR count). The van der Waals surface area contributed by atoms with Gasteiger partial charge >= 0.3 is 12.0 Å². The van der Waals surface area contributed by atoms with Crippen LogP contribution in [-0.4, -0.2) is 61.4 Å². The first-order valence-electron chi connectivity index (χ1n) is 10.6. The second-order valence-electron chi connectivity index (χ2n) is 7.59. The first kappa shape index (κ1) is 21.0. The van der Waals surface area contributed by atoms with Gasteiger partial charge in [-0.25, -0.2) is 9.59 Å². The van der Waals surface area contributed by atoms with Crippen LogP contribution in [0.2, 0.25) is 0 Å². The summed E-state index contributed by atoms with van der Waals surface area (Å²) in [5, 5.41) is 2.90. The number of esters is 1. The molecule has 164 valence electrons. The van der Waals surface area contributed by atoms with Crippen LogP contribution in [0.5, 0.6) is 11.5 Å². The summed E-state index contributed by atoms with van der Waals surface area (Å²) in [5.74, 6) is 1.23. The lowest BCUT2D eigenvalue weighted by atomic mass is 10.1. The summed E-state index contributed by atoms with van der Waals surface area (Å²) in [7, 11) is 0. The average molecular weight is 425 g/mol. The third-order valence-electron chi connectivity index (χ3n) is 5.31. The van der Waals surface area contributed by atoms with Gasteiger partial charge in [0.15, 0.2) is 11.5 Å². The molecule has 1 fully saturated rings. The number of benzene rings is 2. The van der Waals surface area contributed by atoms with E-state index < -0.39 is 0 Å². The normalized spacial score (nSPS) is 15.6. The van der Waals surface area contributed by atoms with Crippen molar-refractivity contribution in [3.63, 3.8) is 0 Å². The lowest BCUT2D eigenvalue weighted by Gasteiger charge is -2.34. The number of anilines is 1. The van der Waals surface area contributed by atoms with Crippen LogP contribution < -0.4 is 14.8 Å². The molecule has 0 aliphatic carbocycles. The van der Waals surface area contributed by atoms with Crippen molar-refractivity contribution < 1.29 is 23.8 Å². The summed E-state index contributed by atoms with van der Waals surface area (Å²) in [4.78, 5) is 28.6. The van der Waals surface area contributed by atoms with Crippen LogP contribution in [0.3, 0.4) is 0 Å². The van der Waals surface area contributed by atoms with E-state index in [1.807, 2.05) is 25.1 Å². The molecule has 0 aromatic heterocycles. The van der Waals surface area contributed by atoms with Crippen molar-refractivity contribution in [2.75, 3.05) is 44.9 Å². The maximum atomic E-state index is 12.6. The SMILES string of the molecule is CCCOC(=O)c1ccc(NC(=O)N2CCN(Cc3ccc4c(c3)OCO4)CC2)cc1. The molecule has 2 aromatic carbocycles. The number of hydrogen-bond donors (Lipinski definition) is 1. The zero-order valence-corrected chi connectivity index (χ0v) is 17.6. The van der Waals surface area contributed by atoms with Gasteiger partial charge in [0.05, 0.1) is 12.2 Å². The molecule has 8 nitrogen and oxygen atoms in total. The highest BCUT2D eigenvalue weighted by atomic mass is 16.7. The molecule has 1 saturated heterocycles. The van der Waals surface area contributed by atoms with Crippen molar-refractivity contribution in [1.82, 2.24) is 9.80 Å². The summed E-state index contributed by atoms with van der Waals surface area (Å²) in [5.41, 5.74) is 2.29. The molecule has 2 heterocycles. The number of nitrogens with zero attached hydrogens (tertiary/aromatic N) is 2. The molecule has 8 heteroatoms. The number of nitrogens with one attached hydrogen (secondary N) is 1. The Kier molecular flexibility index (Phi) is 6.57. The molecule has 0 atom stereocenters. The van der Waals surface area contributed by atoms with Crippen molar-refractivity contribution in [3.05, 3.63) is 53.6 Å². The van der Waals surface area contributed by atoms with E-state index in [2.05, 4.69) is 10.2 Å². The second-order valence-corrected chi connectivity index (χ2v) is 7.59. The first-order valence-corrected chi connectivity index (χ1v) is 10.6. The van der Waals surface area contributed by atoms with E-state index in [-0.39, 0.29) is 18.8 Å². The van der Waals surface area contributed by atoms with Gasteiger partial charge in [-0.3, -0.25) is 4.90 Å². The number of rotatable bonds is 6. The van der Waals surface area contributed by atoms with Gasteiger partial charge in [0, 0.05) is 38.4 Å². The number of carbonyl (C=O) groups is 2. The van der Waals surface area contributed by atoms with Crippen molar-refractivity contribution in [2.24, 2.45) is 0 Å². The fourth-order valence-corrected chi connectivity index (χ4v) is 3.58. The lowest BCUT2D eigenvalue weighted by molar-refractivity contribution is 0.0505. The molecule has 31 heavy (non-hydrogen) atoms. The van der Waals surface area contributed by atoms with E-state index in [0.717, 1.165) is 37.6 Å². The third-order valence-corrected chi connectivity index (χ3v) is 5.31. The maximum Gasteiger partial charge on any atom is 0.338 e. The Morgan fingerprint density at radius 2 is 1.74 bits per heavy atom. The molecule has 2 aromatic rings. The van der Waals surface area contributed by atoms with Crippen LogP contribution in [0.25, 0.3) is 0 Å². The quantitative estimate of drug-likeness (QED) is 0.715. The van der Waals surface area contributed by atoms with Crippen LogP contribution in [0, 0.1) is 0 Å². The largest absolute Gasteiger partial charge is 0.462 e. The Morgan fingerprint density at radius 1 is 1.00 bits per heavy atom. The van der Waals surface area contributed by atoms with E-state index in [1.54, 1.807) is 29.2 Å². The van der Waals surface area contributed by atoms with Gasteiger partial charge in [-0.15, -0.1) is 0 Å². The zero-order valence-electron chi connectivity index (χ0n) is 17.6. The van der Waals surface area contributed by atoms with Crippen molar-refractivity contribution in [3.8, 4) is 11.5 Å². The highest BCUT2D eigenvalue weighted by molar-refractivity contribution is 5.92. The van der Waals surface area contributed by atoms with Gasteiger partial charge in [0.1, 0.15) is 0 Å². The molecule has 2 amide bonds. The third kappa shape index (κ3) is 5.27. The summed E-state index contributed by atoms with van der Waals surface area (Å²) in [6, 6.07) is 12.6. The Balaban J connectivity index is 1.24. The van der Waals surface area contributed by atoms with Gasteiger partial charge in [-0.1, -0.05) is 13.0 Å². The lowest BCUT2D eigenvalue weighted by Crippen LogP contribution is -2.49. The minimum atomic E-state index is -0.349. The van der Waals surface area contributed by atoms with Crippen LogP contribution >= 0.6 is 0 Å². The predicted octanol–water partition coefficient (Wildman–Crippen LogP) is 3.33. The summed E-state index contributed by atoms with van der Waals surface area (Å²) < 4.78 is 15.9. The number of ether oxygens (including phenoxy) is 3. The van der Waals surface area contributed by atoms with E-state index in [4.69, 9.17) is 14.2 Å². The maximum absolute atomic E-state index is 12.6. The second kappa shape index (κ2) is 9.70. The number of fused-ring (bicyclic) bond motifs is 1. The molecule has 2 aliphatic rings. The monoisotopic (exact) mass is 425 g/mol. The molecule has 2 aliphatic heterocycles. The predicted molar refractivity (Wildman–Crippen MR) is 115 cm³/mol. The van der Waals surface area contributed by atoms with Crippen LogP contribution in [0.1, 0.15) is 29.3 Å². The standard InChI is InChI=1S/C23H27N3O5/c1-2-13-29-22(27)18-4-6-19(7-5-18)24-23(28)26-11-9-25(10-12-26)15-17-3-8-20-21(14-17)31-16-30-20/h3-8,14H,2,9-13,15-16H2,1H3,(H,24,28). The van der Waals surface area contributed by atoms with Gasteiger partial charge in [0.25, 0.3) is 0 Å². The molecule has 0 radical (unpaired) electrons. The van der Waals surface area contributed by atoms with E-state index in [9.17, 15) is 9.59 Å². The highest BCUT2D eigenvalue weighted by Crippen LogP contribution is 2.32. The molecular formula is C23H27N3O5.